The zero-order valence-electron chi connectivity index (χ0n) is 15.0. The van der Waals surface area contributed by atoms with Crippen LogP contribution in [0.3, 0.4) is 0 Å². The van der Waals surface area contributed by atoms with E-state index in [-0.39, 0.29) is 18.4 Å². The molecular weight excluding hydrogens is 350 g/mol. The molecule has 0 radical (unpaired) electrons. The number of carbonyl (C=O) groups is 1. The van der Waals surface area contributed by atoms with Gasteiger partial charge in [-0.2, -0.15) is 0 Å². The smallest absolute Gasteiger partial charge is 0.227 e. The van der Waals surface area contributed by atoms with Gasteiger partial charge in [0, 0.05) is 19.3 Å². The number of aryl methyl sites for hydroxylation is 1. The molecule has 1 aliphatic carbocycles. The highest BCUT2D eigenvalue weighted by Crippen LogP contribution is 2.37. The third-order valence-corrected chi connectivity index (χ3v) is 5.57. The SMILES string of the molecule is C=CCN(C)C(=O)[C@@H]1C[C@@H](O)[C@H](O)[C@@H]2NC(=S)N(c3ccc(C)cc3)[C@@H]21. The average Bonchev–Trinajstić information content (AvgIpc) is 2.96. The normalized spacial score (nSPS) is 30.5. The van der Waals surface area contributed by atoms with E-state index in [4.69, 9.17) is 12.2 Å². The summed E-state index contributed by atoms with van der Waals surface area (Å²) in [6.45, 7) is 6.11. The van der Waals surface area contributed by atoms with Crippen LogP contribution in [-0.4, -0.2) is 64.0 Å². The number of hydrogen-bond acceptors (Lipinski definition) is 4. The number of fused-ring (bicyclic) bond motifs is 1. The van der Waals surface area contributed by atoms with Crippen molar-refractivity contribution in [2.75, 3.05) is 18.5 Å². The van der Waals surface area contributed by atoms with Crippen LogP contribution in [0.15, 0.2) is 36.9 Å². The number of hydrogen-bond donors (Lipinski definition) is 3. The first kappa shape index (κ1) is 18.8. The van der Waals surface area contributed by atoms with Gasteiger partial charge >= 0.3 is 0 Å². The van der Waals surface area contributed by atoms with Crippen LogP contribution in [0.25, 0.3) is 0 Å². The lowest BCUT2D eigenvalue weighted by Gasteiger charge is -2.42. The van der Waals surface area contributed by atoms with Crippen LogP contribution in [0.4, 0.5) is 5.69 Å². The summed E-state index contributed by atoms with van der Waals surface area (Å²) in [5, 5.41) is 24.3. The number of nitrogens with one attached hydrogen (secondary N) is 1. The molecule has 0 spiro atoms. The third-order valence-electron chi connectivity index (χ3n) is 5.25. The van der Waals surface area contributed by atoms with Crippen molar-refractivity contribution in [2.45, 2.75) is 37.6 Å². The van der Waals surface area contributed by atoms with E-state index in [1.54, 1.807) is 18.0 Å². The molecule has 0 aromatic heterocycles. The number of aliphatic hydroxyl groups excluding tert-OH is 2. The Morgan fingerprint density at radius 1 is 1.42 bits per heavy atom. The molecule has 0 unspecified atom stereocenters. The van der Waals surface area contributed by atoms with Crippen LogP contribution in [0.2, 0.25) is 0 Å². The topological polar surface area (TPSA) is 76.0 Å². The minimum atomic E-state index is -0.984. The highest BCUT2D eigenvalue weighted by molar-refractivity contribution is 7.80. The standard InChI is InChI=1S/C19H25N3O3S/c1-4-9-21(3)18(25)13-10-14(23)17(24)15-16(13)22(19(26)20-15)12-7-5-11(2)6-8-12/h4-8,13-17,23-24H,1,9-10H2,2-3H3,(H,20,26)/t13-,14-,15-,16-,17+/m1/s1. The van der Waals surface area contributed by atoms with Gasteiger partial charge in [0.15, 0.2) is 5.11 Å². The van der Waals surface area contributed by atoms with Gasteiger partial charge in [0.25, 0.3) is 0 Å². The van der Waals surface area contributed by atoms with Crippen molar-refractivity contribution in [1.29, 1.82) is 0 Å². The summed E-state index contributed by atoms with van der Waals surface area (Å²) in [5.41, 5.74) is 1.99. The highest BCUT2D eigenvalue weighted by Gasteiger charge is 2.54. The molecule has 6 nitrogen and oxygen atoms in total. The molecule has 1 saturated heterocycles. The van der Waals surface area contributed by atoms with Crippen molar-refractivity contribution in [2.24, 2.45) is 5.92 Å². The first-order valence-electron chi connectivity index (χ1n) is 8.73. The molecule has 3 rings (SSSR count). The first-order chi connectivity index (χ1) is 12.3. The molecule has 3 N–H and O–H groups in total. The Labute approximate surface area is 159 Å². The summed E-state index contributed by atoms with van der Waals surface area (Å²) in [7, 11) is 1.72. The van der Waals surface area contributed by atoms with Crippen molar-refractivity contribution in [3.8, 4) is 0 Å². The zero-order chi connectivity index (χ0) is 19.0. The maximum absolute atomic E-state index is 13.0. The molecule has 7 heteroatoms. The number of nitrogens with zero attached hydrogens (tertiary/aromatic N) is 2. The number of thiocarbonyl (C=S) groups is 1. The minimum Gasteiger partial charge on any atom is -0.390 e. The van der Waals surface area contributed by atoms with Gasteiger partial charge < -0.3 is 25.3 Å². The lowest BCUT2D eigenvalue weighted by atomic mass is 9.77. The van der Waals surface area contributed by atoms with E-state index in [1.807, 2.05) is 36.1 Å². The molecule has 2 fully saturated rings. The summed E-state index contributed by atoms with van der Waals surface area (Å²) in [4.78, 5) is 16.5. The maximum atomic E-state index is 13.0. The van der Waals surface area contributed by atoms with Gasteiger partial charge in [0.05, 0.1) is 24.1 Å². The number of anilines is 1. The predicted molar refractivity (Wildman–Crippen MR) is 105 cm³/mol. The molecule has 0 bridgehead atoms. The second-order valence-corrected chi connectivity index (χ2v) is 7.47. The summed E-state index contributed by atoms with van der Waals surface area (Å²) in [6, 6.07) is 7.03. The fourth-order valence-electron chi connectivity index (χ4n) is 3.90. The Kier molecular flexibility index (Phi) is 5.32. The van der Waals surface area contributed by atoms with Gasteiger partial charge in [-0.3, -0.25) is 4.79 Å². The van der Waals surface area contributed by atoms with Gasteiger partial charge in [-0.15, -0.1) is 6.58 Å². The fourth-order valence-corrected chi connectivity index (χ4v) is 4.26. The van der Waals surface area contributed by atoms with Gasteiger partial charge in [-0.1, -0.05) is 23.8 Å². The molecule has 1 saturated carbocycles. The molecular formula is C19H25N3O3S. The molecule has 1 amide bonds. The predicted octanol–water partition coefficient (Wildman–Crippen LogP) is 0.813. The lowest BCUT2D eigenvalue weighted by Crippen LogP contribution is -2.61. The molecule has 2 aliphatic rings. The number of benzene rings is 1. The van der Waals surface area contributed by atoms with Gasteiger partial charge in [0.2, 0.25) is 5.91 Å². The number of rotatable bonds is 4. The van der Waals surface area contributed by atoms with Crippen LogP contribution < -0.4 is 10.2 Å². The van der Waals surface area contributed by atoms with Crippen LogP contribution in [0.5, 0.6) is 0 Å². The molecule has 140 valence electrons. The highest BCUT2D eigenvalue weighted by atomic mass is 32.1. The van der Waals surface area contributed by atoms with Crippen molar-refractivity contribution in [1.82, 2.24) is 10.2 Å². The Morgan fingerprint density at radius 3 is 2.69 bits per heavy atom. The van der Waals surface area contributed by atoms with Gasteiger partial charge in [-0.05, 0) is 37.7 Å². The number of amides is 1. The maximum Gasteiger partial charge on any atom is 0.227 e. The van der Waals surface area contributed by atoms with E-state index in [9.17, 15) is 15.0 Å². The summed E-state index contributed by atoms with van der Waals surface area (Å²) in [6.07, 6.45) is -0.105. The van der Waals surface area contributed by atoms with Gasteiger partial charge in [0.1, 0.15) is 6.10 Å². The van der Waals surface area contributed by atoms with Gasteiger partial charge in [-0.25, -0.2) is 0 Å². The largest absolute Gasteiger partial charge is 0.390 e. The van der Waals surface area contributed by atoms with Crippen LogP contribution >= 0.6 is 12.2 Å². The summed E-state index contributed by atoms with van der Waals surface area (Å²) in [5.74, 6) is -0.577. The molecule has 1 aromatic carbocycles. The van der Waals surface area contributed by atoms with Crippen LogP contribution in [-0.2, 0) is 4.79 Å². The van der Waals surface area contributed by atoms with E-state index < -0.39 is 24.2 Å². The van der Waals surface area contributed by atoms with Crippen LogP contribution in [0, 0.1) is 12.8 Å². The Morgan fingerprint density at radius 2 is 2.08 bits per heavy atom. The van der Waals surface area contributed by atoms with E-state index in [0.29, 0.717) is 11.7 Å². The zero-order valence-corrected chi connectivity index (χ0v) is 15.8. The summed E-state index contributed by atoms with van der Waals surface area (Å²) < 4.78 is 0. The average molecular weight is 375 g/mol. The molecule has 1 aliphatic heterocycles. The van der Waals surface area contributed by atoms with Crippen molar-refractivity contribution in [3.63, 3.8) is 0 Å². The van der Waals surface area contributed by atoms with Crippen molar-refractivity contribution >= 4 is 28.9 Å². The van der Waals surface area contributed by atoms with E-state index >= 15 is 0 Å². The molecule has 26 heavy (non-hydrogen) atoms. The monoisotopic (exact) mass is 375 g/mol. The van der Waals surface area contributed by atoms with E-state index in [2.05, 4.69) is 11.9 Å². The third kappa shape index (κ3) is 3.22. The van der Waals surface area contributed by atoms with E-state index in [1.165, 1.54) is 0 Å². The second-order valence-electron chi connectivity index (χ2n) is 7.08. The van der Waals surface area contributed by atoms with Crippen LogP contribution in [0.1, 0.15) is 12.0 Å². The quantitative estimate of drug-likeness (QED) is 0.534. The number of likely N-dealkylation sites (N-methyl/N-ethyl adjacent to an activating group) is 1. The first-order valence-corrected chi connectivity index (χ1v) is 9.14. The lowest BCUT2D eigenvalue weighted by molar-refractivity contribution is -0.139. The number of carbonyl (C=O) groups excluding carboxylic acids is 1. The Hall–Kier alpha value is -1.96. The number of aliphatic hydroxyl groups is 2. The van der Waals surface area contributed by atoms with Crippen molar-refractivity contribution in [3.05, 3.63) is 42.5 Å². The molecule has 1 aromatic rings. The second kappa shape index (κ2) is 7.34. The molecule has 1 heterocycles. The Bertz CT molecular complexity index is 708. The van der Waals surface area contributed by atoms with Crippen molar-refractivity contribution < 1.29 is 15.0 Å². The van der Waals surface area contributed by atoms with E-state index in [0.717, 1.165) is 11.3 Å². The fraction of sp³-hybridized carbons (Fsp3) is 0.474. The summed E-state index contributed by atoms with van der Waals surface area (Å²) >= 11 is 5.50. The molecule has 5 atom stereocenters. The Balaban J connectivity index is 1.99. The minimum absolute atomic E-state index is 0.0885.